The van der Waals surface area contributed by atoms with Crippen LogP contribution in [0.4, 0.5) is 5.69 Å². The maximum Gasteiger partial charge on any atom is 0.250 e. The molecule has 1 amide bonds. The van der Waals surface area contributed by atoms with Crippen LogP contribution in [0.25, 0.3) is 0 Å². The fraction of sp³-hybridized carbons (Fsp3) is 0.533. The summed E-state index contributed by atoms with van der Waals surface area (Å²) in [5, 5.41) is 6.21. The van der Waals surface area contributed by atoms with Crippen molar-refractivity contribution in [2.45, 2.75) is 38.8 Å². The molecule has 1 aromatic rings. The first-order valence-corrected chi connectivity index (χ1v) is 6.86. The highest BCUT2D eigenvalue weighted by Gasteiger charge is 2.22. The number of hydrogen-bond acceptors (Lipinski definition) is 3. The van der Waals surface area contributed by atoms with Gasteiger partial charge in [0.25, 0.3) is 0 Å². The third-order valence-corrected chi connectivity index (χ3v) is 3.42. The SMILES string of the molecule is Cc1cccc(NC(=O)COC2CCCNC2C)c1. The Bertz CT molecular complexity index is 434. The Kier molecular flexibility index (Phi) is 4.93. The molecule has 19 heavy (non-hydrogen) atoms. The number of anilines is 1. The minimum Gasteiger partial charge on any atom is -0.367 e. The largest absolute Gasteiger partial charge is 0.367 e. The fourth-order valence-electron chi connectivity index (χ4n) is 2.34. The van der Waals surface area contributed by atoms with Crippen LogP contribution >= 0.6 is 0 Å². The van der Waals surface area contributed by atoms with Gasteiger partial charge in [0.05, 0.1) is 6.10 Å². The van der Waals surface area contributed by atoms with E-state index in [9.17, 15) is 4.79 Å². The average Bonchev–Trinajstić information content (AvgIpc) is 2.38. The molecule has 0 aromatic heterocycles. The summed E-state index contributed by atoms with van der Waals surface area (Å²) in [6.45, 7) is 5.25. The topological polar surface area (TPSA) is 50.4 Å². The molecule has 0 saturated carbocycles. The van der Waals surface area contributed by atoms with E-state index in [0.29, 0.717) is 6.04 Å². The number of carbonyl (C=O) groups excluding carboxylic acids is 1. The molecule has 1 aliphatic rings. The van der Waals surface area contributed by atoms with E-state index in [-0.39, 0.29) is 18.6 Å². The predicted octanol–water partition coefficient (Wildman–Crippen LogP) is 2.09. The van der Waals surface area contributed by atoms with E-state index in [2.05, 4.69) is 17.6 Å². The molecule has 1 fully saturated rings. The fourth-order valence-corrected chi connectivity index (χ4v) is 2.34. The second kappa shape index (κ2) is 6.68. The van der Waals surface area contributed by atoms with Gasteiger partial charge in [-0.2, -0.15) is 0 Å². The van der Waals surface area contributed by atoms with Gasteiger partial charge in [-0.25, -0.2) is 0 Å². The van der Waals surface area contributed by atoms with Gasteiger partial charge in [-0.05, 0) is 50.9 Å². The molecule has 0 spiro atoms. The lowest BCUT2D eigenvalue weighted by atomic mass is 10.0. The summed E-state index contributed by atoms with van der Waals surface area (Å²) in [6.07, 6.45) is 2.26. The number of amides is 1. The van der Waals surface area contributed by atoms with Crippen molar-refractivity contribution in [3.63, 3.8) is 0 Å². The van der Waals surface area contributed by atoms with E-state index in [0.717, 1.165) is 30.6 Å². The van der Waals surface area contributed by atoms with Crippen LogP contribution in [0.1, 0.15) is 25.3 Å². The number of piperidine rings is 1. The number of hydrogen-bond donors (Lipinski definition) is 2. The summed E-state index contributed by atoms with van der Waals surface area (Å²) < 4.78 is 5.68. The molecule has 1 heterocycles. The van der Waals surface area contributed by atoms with E-state index in [1.165, 1.54) is 0 Å². The van der Waals surface area contributed by atoms with E-state index in [4.69, 9.17) is 4.74 Å². The zero-order valence-electron chi connectivity index (χ0n) is 11.6. The molecule has 0 aliphatic carbocycles. The van der Waals surface area contributed by atoms with Gasteiger partial charge in [-0.1, -0.05) is 12.1 Å². The standard InChI is InChI=1S/C15H22N2O2/c1-11-5-3-6-13(9-11)17-15(18)10-19-14-7-4-8-16-12(14)2/h3,5-6,9,12,14,16H,4,7-8,10H2,1-2H3,(H,17,18). The zero-order valence-corrected chi connectivity index (χ0v) is 11.6. The maximum absolute atomic E-state index is 11.8. The van der Waals surface area contributed by atoms with Crippen molar-refractivity contribution < 1.29 is 9.53 Å². The maximum atomic E-state index is 11.8. The van der Waals surface area contributed by atoms with Crippen molar-refractivity contribution >= 4 is 11.6 Å². The Morgan fingerprint density at radius 1 is 1.53 bits per heavy atom. The minimum atomic E-state index is -0.0941. The van der Waals surface area contributed by atoms with E-state index < -0.39 is 0 Å². The molecule has 0 radical (unpaired) electrons. The van der Waals surface area contributed by atoms with Crippen LogP contribution in [0.15, 0.2) is 24.3 Å². The smallest absolute Gasteiger partial charge is 0.250 e. The van der Waals surface area contributed by atoms with E-state index >= 15 is 0 Å². The van der Waals surface area contributed by atoms with Gasteiger partial charge in [0, 0.05) is 11.7 Å². The van der Waals surface area contributed by atoms with E-state index in [1.54, 1.807) is 0 Å². The van der Waals surface area contributed by atoms with Crippen LogP contribution < -0.4 is 10.6 Å². The Balaban J connectivity index is 1.78. The van der Waals surface area contributed by atoms with Crippen LogP contribution in [0.2, 0.25) is 0 Å². The van der Waals surface area contributed by atoms with Gasteiger partial charge in [0.1, 0.15) is 6.61 Å². The zero-order chi connectivity index (χ0) is 13.7. The lowest BCUT2D eigenvalue weighted by molar-refractivity contribution is -0.123. The van der Waals surface area contributed by atoms with Crippen molar-refractivity contribution in [1.82, 2.24) is 5.32 Å². The van der Waals surface area contributed by atoms with Gasteiger partial charge in [0.15, 0.2) is 0 Å². The van der Waals surface area contributed by atoms with Crippen LogP contribution in [0.3, 0.4) is 0 Å². The summed E-state index contributed by atoms with van der Waals surface area (Å²) >= 11 is 0. The van der Waals surface area contributed by atoms with E-state index in [1.807, 2.05) is 31.2 Å². The average molecular weight is 262 g/mol. The number of aryl methyl sites for hydroxylation is 1. The van der Waals surface area contributed by atoms with Gasteiger partial charge in [-0.3, -0.25) is 4.79 Å². The lowest BCUT2D eigenvalue weighted by Gasteiger charge is -2.29. The first-order chi connectivity index (χ1) is 9.15. The van der Waals surface area contributed by atoms with Crippen molar-refractivity contribution in [3.05, 3.63) is 29.8 Å². The number of rotatable bonds is 4. The molecule has 2 unspecified atom stereocenters. The lowest BCUT2D eigenvalue weighted by Crippen LogP contribution is -2.44. The molecule has 1 saturated heterocycles. The Hall–Kier alpha value is -1.39. The summed E-state index contributed by atoms with van der Waals surface area (Å²) in [7, 11) is 0. The highest BCUT2D eigenvalue weighted by Crippen LogP contribution is 2.13. The molecule has 2 atom stereocenters. The number of ether oxygens (including phenoxy) is 1. The van der Waals surface area contributed by atoms with Gasteiger partial charge in [-0.15, -0.1) is 0 Å². The number of benzene rings is 1. The van der Waals surface area contributed by atoms with Crippen molar-refractivity contribution in [2.24, 2.45) is 0 Å². The summed E-state index contributed by atoms with van der Waals surface area (Å²) in [5.74, 6) is -0.0941. The third kappa shape index (κ3) is 4.33. The summed E-state index contributed by atoms with van der Waals surface area (Å²) in [5.41, 5.74) is 1.95. The molecule has 4 heteroatoms. The molecule has 1 aromatic carbocycles. The van der Waals surface area contributed by atoms with Gasteiger partial charge < -0.3 is 15.4 Å². The first-order valence-electron chi connectivity index (χ1n) is 6.86. The Morgan fingerprint density at radius 2 is 2.37 bits per heavy atom. The highest BCUT2D eigenvalue weighted by molar-refractivity contribution is 5.91. The predicted molar refractivity (Wildman–Crippen MR) is 76.2 cm³/mol. The molecule has 4 nitrogen and oxygen atoms in total. The summed E-state index contributed by atoms with van der Waals surface area (Å²) in [6, 6.07) is 8.08. The molecular formula is C15H22N2O2. The second-order valence-corrected chi connectivity index (χ2v) is 5.15. The van der Waals surface area contributed by atoms with Crippen molar-refractivity contribution in [1.29, 1.82) is 0 Å². The minimum absolute atomic E-state index is 0.0941. The van der Waals surface area contributed by atoms with Gasteiger partial charge >= 0.3 is 0 Å². The molecular weight excluding hydrogens is 240 g/mol. The Labute approximate surface area is 114 Å². The second-order valence-electron chi connectivity index (χ2n) is 5.15. The van der Waals surface area contributed by atoms with Crippen molar-refractivity contribution in [2.75, 3.05) is 18.5 Å². The van der Waals surface area contributed by atoms with Crippen molar-refractivity contribution in [3.8, 4) is 0 Å². The molecule has 1 aliphatic heterocycles. The molecule has 2 rings (SSSR count). The number of carbonyl (C=O) groups is 1. The van der Waals surface area contributed by atoms with Crippen LogP contribution in [0.5, 0.6) is 0 Å². The monoisotopic (exact) mass is 262 g/mol. The molecule has 104 valence electrons. The third-order valence-electron chi connectivity index (χ3n) is 3.42. The quantitative estimate of drug-likeness (QED) is 0.873. The highest BCUT2D eigenvalue weighted by atomic mass is 16.5. The van der Waals surface area contributed by atoms with Crippen LogP contribution in [-0.2, 0) is 9.53 Å². The Morgan fingerprint density at radius 3 is 3.11 bits per heavy atom. The first kappa shape index (κ1) is 14.0. The van der Waals surface area contributed by atoms with Crippen LogP contribution in [0, 0.1) is 6.92 Å². The molecule has 2 N–H and O–H groups in total. The summed E-state index contributed by atoms with van der Waals surface area (Å²) in [4.78, 5) is 11.8. The normalized spacial score (nSPS) is 23.1. The van der Waals surface area contributed by atoms with Gasteiger partial charge in [0.2, 0.25) is 5.91 Å². The van der Waals surface area contributed by atoms with Crippen LogP contribution in [-0.4, -0.2) is 31.2 Å². The molecule has 0 bridgehead atoms. The number of nitrogens with one attached hydrogen (secondary N) is 2.